The van der Waals surface area contributed by atoms with Crippen molar-refractivity contribution in [2.24, 2.45) is 11.8 Å². The maximum atomic E-state index is 11.0. The fourth-order valence-corrected chi connectivity index (χ4v) is 3.63. The average Bonchev–Trinajstić information content (AvgIpc) is 3.00. The van der Waals surface area contributed by atoms with Crippen molar-refractivity contribution in [3.05, 3.63) is 48.5 Å². The summed E-state index contributed by atoms with van der Waals surface area (Å²) < 4.78 is 2.01. The van der Waals surface area contributed by atoms with E-state index in [1.54, 1.807) is 12.5 Å². The summed E-state index contributed by atoms with van der Waals surface area (Å²) in [5.74, 6) is 1.98. The van der Waals surface area contributed by atoms with Crippen LogP contribution in [0.3, 0.4) is 0 Å². The summed E-state index contributed by atoms with van der Waals surface area (Å²) in [6, 6.07) is 8.36. The van der Waals surface area contributed by atoms with Crippen LogP contribution in [0.5, 0.6) is 0 Å². The molecule has 2 aromatic rings. The van der Waals surface area contributed by atoms with Gasteiger partial charge in [-0.05, 0) is 42.7 Å². The summed E-state index contributed by atoms with van der Waals surface area (Å²) in [6.45, 7) is 9.23. The fraction of sp³-hybridized carbons (Fsp3) is 0.526. The Morgan fingerprint density at radius 2 is 1.91 bits per heavy atom. The minimum atomic E-state index is -0.856. The highest BCUT2D eigenvalue weighted by Gasteiger charge is 2.30. The molecule has 0 fully saturated rings. The Balaban J connectivity index is 1.98. The molecule has 2 atom stereocenters. The molecular weight excluding hydrogens is 304 g/mol. The van der Waals surface area contributed by atoms with Crippen LogP contribution < -0.4 is 0 Å². The molecule has 126 valence electrons. The highest BCUT2D eigenvalue weighted by atomic mass is 32.2. The van der Waals surface area contributed by atoms with E-state index in [4.69, 9.17) is 0 Å². The first-order valence-corrected chi connectivity index (χ1v) is 9.29. The van der Waals surface area contributed by atoms with Crippen LogP contribution in [0.4, 0.5) is 0 Å². The van der Waals surface area contributed by atoms with E-state index in [2.05, 4.69) is 50.0 Å². The first-order valence-electron chi connectivity index (χ1n) is 8.31. The zero-order valence-electron chi connectivity index (χ0n) is 14.6. The lowest BCUT2D eigenvalue weighted by atomic mass is 9.84. The van der Waals surface area contributed by atoms with Crippen LogP contribution in [0, 0.1) is 11.8 Å². The number of hydrogen-bond acceptors (Lipinski definition) is 3. The van der Waals surface area contributed by atoms with E-state index in [9.17, 15) is 5.11 Å². The summed E-state index contributed by atoms with van der Waals surface area (Å²) in [6.07, 6.45) is 6.72. The molecule has 0 saturated carbocycles. The van der Waals surface area contributed by atoms with E-state index < -0.39 is 5.60 Å². The van der Waals surface area contributed by atoms with Crippen LogP contribution in [0.1, 0.15) is 39.7 Å². The SMILES string of the molecule is CC(C)CCSc1ccc(C(C)(O)C(C)Cn2ccnc2)cc1. The minimum absolute atomic E-state index is 0.0937. The lowest BCUT2D eigenvalue weighted by molar-refractivity contribution is -0.00546. The molecule has 0 aliphatic carbocycles. The summed E-state index contributed by atoms with van der Waals surface area (Å²) in [7, 11) is 0. The van der Waals surface area contributed by atoms with E-state index in [1.807, 2.05) is 29.4 Å². The van der Waals surface area contributed by atoms with Crippen molar-refractivity contribution in [2.45, 2.75) is 51.2 Å². The summed E-state index contributed by atoms with van der Waals surface area (Å²) in [5.41, 5.74) is 0.115. The van der Waals surface area contributed by atoms with Gasteiger partial charge in [0.05, 0.1) is 11.9 Å². The van der Waals surface area contributed by atoms with E-state index in [-0.39, 0.29) is 5.92 Å². The van der Waals surface area contributed by atoms with E-state index in [0.29, 0.717) is 0 Å². The Morgan fingerprint density at radius 1 is 1.22 bits per heavy atom. The van der Waals surface area contributed by atoms with Gasteiger partial charge in [0.1, 0.15) is 0 Å². The van der Waals surface area contributed by atoms with Gasteiger partial charge in [-0.15, -0.1) is 11.8 Å². The molecule has 3 nitrogen and oxygen atoms in total. The Kier molecular flexibility index (Phi) is 6.31. The molecule has 0 aliphatic rings. The number of rotatable bonds is 8. The van der Waals surface area contributed by atoms with Crippen molar-refractivity contribution >= 4 is 11.8 Å². The smallest absolute Gasteiger partial charge is 0.0946 e. The molecule has 2 unspecified atom stereocenters. The van der Waals surface area contributed by atoms with E-state index in [0.717, 1.165) is 23.8 Å². The number of benzene rings is 1. The van der Waals surface area contributed by atoms with Gasteiger partial charge in [0.15, 0.2) is 0 Å². The second kappa shape index (κ2) is 8.02. The second-order valence-electron chi connectivity index (χ2n) is 6.86. The Hall–Kier alpha value is -1.26. The van der Waals surface area contributed by atoms with Crippen molar-refractivity contribution in [1.82, 2.24) is 9.55 Å². The molecule has 1 heterocycles. The number of nitrogens with zero attached hydrogens (tertiary/aromatic N) is 2. The Morgan fingerprint density at radius 3 is 2.48 bits per heavy atom. The van der Waals surface area contributed by atoms with Crippen molar-refractivity contribution in [2.75, 3.05) is 5.75 Å². The molecule has 1 aromatic heterocycles. The van der Waals surface area contributed by atoms with Gasteiger partial charge in [0, 0.05) is 29.8 Å². The highest BCUT2D eigenvalue weighted by molar-refractivity contribution is 7.99. The maximum Gasteiger partial charge on any atom is 0.0946 e. The first-order chi connectivity index (χ1) is 10.9. The summed E-state index contributed by atoms with van der Waals surface area (Å²) in [4.78, 5) is 5.33. The van der Waals surface area contributed by atoms with Crippen LogP contribution >= 0.6 is 11.8 Å². The lowest BCUT2D eigenvalue weighted by Gasteiger charge is -2.31. The molecule has 0 bridgehead atoms. The molecular formula is C19H28N2OS. The predicted molar refractivity (Wildman–Crippen MR) is 97.6 cm³/mol. The fourth-order valence-electron chi connectivity index (χ4n) is 2.47. The van der Waals surface area contributed by atoms with Gasteiger partial charge in [-0.25, -0.2) is 4.98 Å². The normalized spacial score (nSPS) is 15.6. The molecule has 2 rings (SSSR count). The molecule has 23 heavy (non-hydrogen) atoms. The van der Waals surface area contributed by atoms with Crippen LogP contribution in [0.25, 0.3) is 0 Å². The molecule has 0 aliphatic heterocycles. The molecule has 0 saturated heterocycles. The third-order valence-electron chi connectivity index (χ3n) is 4.41. The summed E-state index contributed by atoms with van der Waals surface area (Å²) in [5, 5.41) is 11.0. The van der Waals surface area contributed by atoms with E-state index >= 15 is 0 Å². The number of aromatic nitrogens is 2. The van der Waals surface area contributed by atoms with Gasteiger partial charge in [-0.1, -0.05) is 32.9 Å². The molecule has 4 heteroatoms. The van der Waals surface area contributed by atoms with Crippen molar-refractivity contribution in [3.63, 3.8) is 0 Å². The second-order valence-corrected chi connectivity index (χ2v) is 8.03. The standard InChI is InChI=1S/C19H28N2OS/c1-15(2)9-12-23-18-7-5-17(6-8-18)19(4,22)16(3)13-21-11-10-20-14-21/h5-8,10-11,14-16,22H,9,12-13H2,1-4H3. The van der Waals surface area contributed by atoms with Crippen LogP contribution in [-0.4, -0.2) is 20.4 Å². The third-order valence-corrected chi connectivity index (χ3v) is 5.45. The zero-order chi connectivity index (χ0) is 16.9. The number of hydrogen-bond donors (Lipinski definition) is 1. The number of aliphatic hydroxyl groups is 1. The van der Waals surface area contributed by atoms with Crippen LogP contribution in [0.2, 0.25) is 0 Å². The van der Waals surface area contributed by atoms with Crippen LogP contribution in [-0.2, 0) is 12.1 Å². The number of imidazole rings is 1. The highest BCUT2D eigenvalue weighted by Crippen LogP contribution is 2.32. The predicted octanol–water partition coefficient (Wildman–Crippen LogP) is 4.57. The van der Waals surface area contributed by atoms with E-state index in [1.165, 1.54) is 11.3 Å². The van der Waals surface area contributed by atoms with Crippen LogP contribution in [0.15, 0.2) is 47.9 Å². The first kappa shape index (κ1) is 18.1. The lowest BCUT2D eigenvalue weighted by Crippen LogP contribution is -2.32. The maximum absolute atomic E-state index is 11.0. The molecule has 1 aromatic carbocycles. The van der Waals surface area contributed by atoms with Crippen molar-refractivity contribution in [3.8, 4) is 0 Å². The van der Waals surface area contributed by atoms with Gasteiger partial charge in [-0.3, -0.25) is 0 Å². The van der Waals surface area contributed by atoms with Gasteiger partial charge in [0.2, 0.25) is 0 Å². The molecule has 0 radical (unpaired) electrons. The quantitative estimate of drug-likeness (QED) is 0.720. The molecule has 0 spiro atoms. The Bertz CT molecular complexity index is 576. The molecule has 1 N–H and O–H groups in total. The largest absolute Gasteiger partial charge is 0.385 e. The van der Waals surface area contributed by atoms with Gasteiger partial charge in [-0.2, -0.15) is 0 Å². The third kappa shape index (κ3) is 5.11. The van der Waals surface area contributed by atoms with Gasteiger partial charge in [0.25, 0.3) is 0 Å². The van der Waals surface area contributed by atoms with Gasteiger partial charge >= 0.3 is 0 Å². The molecule has 0 amide bonds. The Labute approximate surface area is 144 Å². The topological polar surface area (TPSA) is 38.0 Å². The van der Waals surface area contributed by atoms with Crippen molar-refractivity contribution < 1.29 is 5.11 Å². The van der Waals surface area contributed by atoms with Gasteiger partial charge < -0.3 is 9.67 Å². The number of thioether (sulfide) groups is 1. The summed E-state index contributed by atoms with van der Waals surface area (Å²) >= 11 is 1.89. The minimum Gasteiger partial charge on any atom is -0.385 e. The average molecular weight is 333 g/mol. The van der Waals surface area contributed by atoms with Crippen molar-refractivity contribution in [1.29, 1.82) is 0 Å². The monoisotopic (exact) mass is 332 g/mol. The zero-order valence-corrected chi connectivity index (χ0v) is 15.4.